The summed E-state index contributed by atoms with van der Waals surface area (Å²) < 4.78 is 16.9. The van der Waals surface area contributed by atoms with Gasteiger partial charge in [-0.2, -0.15) is 0 Å². The van der Waals surface area contributed by atoms with Crippen LogP contribution in [-0.4, -0.2) is 57.3 Å². The Morgan fingerprint density at radius 3 is 2.56 bits per heavy atom. The van der Waals surface area contributed by atoms with E-state index in [0.717, 1.165) is 82.4 Å². The van der Waals surface area contributed by atoms with Gasteiger partial charge in [-0.1, -0.05) is 25.3 Å². The Morgan fingerprint density at radius 1 is 1.03 bits per heavy atom. The van der Waals surface area contributed by atoms with Crippen LogP contribution in [0.25, 0.3) is 0 Å². The average molecular weight is 446 g/mol. The third-order valence-electron chi connectivity index (χ3n) is 7.50. The number of hydrogen-bond donors (Lipinski definition) is 3. The summed E-state index contributed by atoms with van der Waals surface area (Å²) in [5.41, 5.74) is 1.36. The minimum Gasteiger partial charge on any atom is -0.454 e. The van der Waals surface area contributed by atoms with E-state index in [9.17, 15) is 5.11 Å². The molecule has 1 aromatic rings. The highest BCUT2D eigenvalue weighted by molar-refractivity contribution is 5.80. The Bertz CT molecular complexity index is 765. The second-order valence-corrected chi connectivity index (χ2v) is 9.54. The Balaban J connectivity index is 1.49. The van der Waals surface area contributed by atoms with Crippen molar-refractivity contribution in [1.29, 1.82) is 0 Å². The number of ether oxygens (including phenoxy) is 3. The van der Waals surface area contributed by atoms with Gasteiger partial charge in [0.05, 0.1) is 0 Å². The fourth-order valence-electron chi connectivity index (χ4n) is 5.42. The molecular weight excluding hydrogens is 406 g/mol. The van der Waals surface area contributed by atoms with Gasteiger partial charge < -0.3 is 30.0 Å². The Kier molecular flexibility index (Phi) is 7.79. The van der Waals surface area contributed by atoms with Crippen molar-refractivity contribution >= 4 is 5.96 Å². The summed E-state index contributed by atoms with van der Waals surface area (Å²) in [6.45, 7) is 6.51. The molecule has 0 unspecified atom stereocenters. The van der Waals surface area contributed by atoms with Crippen LogP contribution in [-0.2, 0) is 10.2 Å². The first-order chi connectivity index (χ1) is 15.7. The summed E-state index contributed by atoms with van der Waals surface area (Å²) in [7, 11) is 0. The smallest absolute Gasteiger partial charge is 0.231 e. The molecular formula is C25H39N3O4. The van der Waals surface area contributed by atoms with Gasteiger partial charge in [-0.25, -0.2) is 0 Å². The third-order valence-corrected chi connectivity index (χ3v) is 7.50. The van der Waals surface area contributed by atoms with E-state index in [0.29, 0.717) is 6.79 Å². The number of aliphatic hydroxyl groups excluding tert-OH is 1. The quantitative estimate of drug-likeness (QED) is 0.420. The van der Waals surface area contributed by atoms with Gasteiger partial charge in [-0.05, 0) is 62.1 Å². The molecule has 178 valence electrons. The van der Waals surface area contributed by atoms with Crippen molar-refractivity contribution < 1.29 is 19.3 Å². The van der Waals surface area contributed by atoms with Crippen molar-refractivity contribution in [2.24, 2.45) is 10.4 Å². The second kappa shape index (κ2) is 10.8. The van der Waals surface area contributed by atoms with Crippen LogP contribution in [0.5, 0.6) is 11.5 Å². The van der Waals surface area contributed by atoms with Crippen molar-refractivity contribution in [3.05, 3.63) is 23.8 Å². The van der Waals surface area contributed by atoms with Crippen molar-refractivity contribution in [2.45, 2.75) is 63.7 Å². The van der Waals surface area contributed by atoms with E-state index in [4.69, 9.17) is 19.2 Å². The number of aliphatic hydroxyl groups is 1. The Labute approximate surface area is 191 Å². The van der Waals surface area contributed by atoms with Crippen LogP contribution >= 0.6 is 0 Å². The van der Waals surface area contributed by atoms with Crippen LogP contribution in [0.4, 0.5) is 0 Å². The van der Waals surface area contributed by atoms with Gasteiger partial charge in [0.2, 0.25) is 6.79 Å². The molecule has 7 nitrogen and oxygen atoms in total. The highest BCUT2D eigenvalue weighted by atomic mass is 16.7. The van der Waals surface area contributed by atoms with E-state index in [-0.39, 0.29) is 17.4 Å². The highest BCUT2D eigenvalue weighted by Crippen LogP contribution is 2.41. The SMILES string of the molecule is CCNC(=NCC1(CCO)CCCCC1)NCC1(c2ccc3c(c2)OCO3)CCOCC1. The zero-order valence-corrected chi connectivity index (χ0v) is 19.5. The van der Waals surface area contributed by atoms with Gasteiger partial charge >= 0.3 is 0 Å². The molecule has 0 bridgehead atoms. The van der Waals surface area contributed by atoms with Crippen LogP contribution < -0.4 is 20.1 Å². The van der Waals surface area contributed by atoms with Crippen LogP contribution in [0.1, 0.15) is 63.9 Å². The van der Waals surface area contributed by atoms with E-state index >= 15 is 0 Å². The van der Waals surface area contributed by atoms with Gasteiger partial charge in [0.25, 0.3) is 0 Å². The summed E-state index contributed by atoms with van der Waals surface area (Å²) >= 11 is 0. The number of fused-ring (bicyclic) bond motifs is 1. The molecule has 2 heterocycles. The third kappa shape index (κ3) is 5.31. The molecule has 32 heavy (non-hydrogen) atoms. The first-order valence-electron chi connectivity index (χ1n) is 12.3. The lowest BCUT2D eigenvalue weighted by molar-refractivity contribution is 0.0513. The van der Waals surface area contributed by atoms with E-state index in [1.807, 2.05) is 6.07 Å². The summed E-state index contributed by atoms with van der Waals surface area (Å²) in [5, 5.41) is 16.7. The molecule has 3 aliphatic rings. The summed E-state index contributed by atoms with van der Waals surface area (Å²) in [5.74, 6) is 2.51. The zero-order chi connectivity index (χ0) is 22.3. The van der Waals surface area contributed by atoms with E-state index in [1.165, 1.54) is 24.8 Å². The van der Waals surface area contributed by atoms with Gasteiger partial charge in [-0.15, -0.1) is 0 Å². The monoisotopic (exact) mass is 445 g/mol. The number of hydrogen-bond acceptors (Lipinski definition) is 5. The lowest BCUT2D eigenvalue weighted by Gasteiger charge is -2.39. The molecule has 7 heteroatoms. The van der Waals surface area contributed by atoms with E-state index in [2.05, 4.69) is 29.7 Å². The lowest BCUT2D eigenvalue weighted by atomic mass is 9.72. The number of aliphatic imine (C=N–C) groups is 1. The minimum absolute atomic E-state index is 0.0386. The predicted octanol–water partition coefficient (Wildman–Crippen LogP) is 3.35. The van der Waals surface area contributed by atoms with Gasteiger partial charge in [0.15, 0.2) is 17.5 Å². The molecule has 1 saturated carbocycles. The van der Waals surface area contributed by atoms with Crippen molar-refractivity contribution in [3.8, 4) is 11.5 Å². The first kappa shape index (κ1) is 23.2. The maximum absolute atomic E-state index is 9.64. The normalized spacial score (nSPS) is 21.9. The Hall–Kier alpha value is -1.99. The molecule has 0 spiro atoms. The number of guanidine groups is 1. The number of nitrogens with zero attached hydrogens (tertiary/aromatic N) is 1. The average Bonchev–Trinajstić information content (AvgIpc) is 3.30. The summed E-state index contributed by atoms with van der Waals surface area (Å²) in [6.07, 6.45) is 8.86. The summed E-state index contributed by atoms with van der Waals surface area (Å²) in [4.78, 5) is 5.00. The fraction of sp³-hybridized carbons (Fsp3) is 0.720. The molecule has 1 aromatic carbocycles. The molecule has 0 radical (unpaired) electrons. The number of benzene rings is 1. The van der Waals surface area contributed by atoms with Crippen molar-refractivity contribution in [1.82, 2.24) is 10.6 Å². The molecule has 3 N–H and O–H groups in total. The maximum Gasteiger partial charge on any atom is 0.231 e. The van der Waals surface area contributed by atoms with Crippen molar-refractivity contribution in [3.63, 3.8) is 0 Å². The van der Waals surface area contributed by atoms with Crippen LogP contribution in [0.3, 0.4) is 0 Å². The molecule has 2 aliphatic heterocycles. The van der Waals surface area contributed by atoms with Crippen LogP contribution in [0, 0.1) is 5.41 Å². The molecule has 0 amide bonds. The molecule has 1 aliphatic carbocycles. The standard InChI is InChI=1S/C25H39N3O4/c1-2-26-23(27-17-24(10-13-29)8-4-3-5-9-24)28-18-25(11-14-30-15-12-25)20-6-7-21-22(16-20)32-19-31-21/h6-7,16,29H,2-5,8-15,17-19H2,1H3,(H2,26,27,28). The predicted molar refractivity (Wildman–Crippen MR) is 125 cm³/mol. The molecule has 0 atom stereocenters. The highest BCUT2D eigenvalue weighted by Gasteiger charge is 2.36. The molecule has 0 aromatic heterocycles. The van der Waals surface area contributed by atoms with Gasteiger partial charge in [0, 0.05) is 44.9 Å². The molecule has 2 fully saturated rings. The molecule has 4 rings (SSSR count). The largest absolute Gasteiger partial charge is 0.454 e. The fourth-order valence-corrected chi connectivity index (χ4v) is 5.42. The maximum atomic E-state index is 9.64. The summed E-state index contributed by atoms with van der Waals surface area (Å²) in [6, 6.07) is 6.33. The minimum atomic E-state index is -0.0386. The van der Waals surface area contributed by atoms with Crippen LogP contribution in [0.15, 0.2) is 23.2 Å². The van der Waals surface area contributed by atoms with Crippen molar-refractivity contribution in [2.75, 3.05) is 46.2 Å². The first-order valence-corrected chi connectivity index (χ1v) is 12.3. The van der Waals surface area contributed by atoms with Crippen LogP contribution in [0.2, 0.25) is 0 Å². The van der Waals surface area contributed by atoms with E-state index < -0.39 is 0 Å². The number of nitrogens with one attached hydrogen (secondary N) is 2. The topological polar surface area (TPSA) is 84.3 Å². The van der Waals surface area contributed by atoms with Gasteiger partial charge in [-0.3, -0.25) is 4.99 Å². The number of rotatable bonds is 8. The van der Waals surface area contributed by atoms with Gasteiger partial charge in [0.1, 0.15) is 0 Å². The zero-order valence-electron chi connectivity index (χ0n) is 19.5. The Morgan fingerprint density at radius 2 is 1.81 bits per heavy atom. The molecule has 1 saturated heterocycles. The second-order valence-electron chi connectivity index (χ2n) is 9.54. The van der Waals surface area contributed by atoms with E-state index in [1.54, 1.807) is 0 Å². The lowest BCUT2D eigenvalue weighted by Crippen LogP contribution is -2.48.